The molecule has 0 unspecified atom stereocenters. The van der Waals surface area contributed by atoms with Crippen LogP contribution in [0.4, 0.5) is 0 Å². The van der Waals surface area contributed by atoms with Gasteiger partial charge in [-0.2, -0.15) is 0 Å². The fraction of sp³-hybridized carbons (Fsp3) is 0.281. The van der Waals surface area contributed by atoms with Crippen LogP contribution in [0.5, 0.6) is 11.5 Å². The highest BCUT2D eigenvalue weighted by Crippen LogP contribution is 2.36. The predicted octanol–water partition coefficient (Wildman–Crippen LogP) is 5.82. The number of fused-ring (bicyclic) bond motifs is 1. The van der Waals surface area contributed by atoms with E-state index in [2.05, 4.69) is 4.99 Å². The molecule has 5 rings (SSSR count). The van der Waals surface area contributed by atoms with Crippen molar-refractivity contribution in [2.45, 2.75) is 46.8 Å². The molecule has 2 aromatic heterocycles. The summed E-state index contributed by atoms with van der Waals surface area (Å²) in [4.78, 5) is 32.3. The molecule has 3 heterocycles. The van der Waals surface area contributed by atoms with E-state index in [1.807, 2.05) is 51.1 Å². The Morgan fingerprint density at radius 1 is 1.14 bits per heavy atom. The van der Waals surface area contributed by atoms with Gasteiger partial charge in [-0.05, 0) is 82.1 Å². The first-order chi connectivity index (χ1) is 20.1. The normalized spacial score (nSPS) is 15.0. The lowest BCUT2D eigenvalue weighted by Gasteiger charge is -2.25. The van der Waals surface area contributed by atoms with E-state index in [0.717, 1.165) is 11.1 Å². The number of nitrogens with zero attached hydrogens (tertiary/aromatic N) is 2. The number of aryl methyl sites for hydroxylation is 1. The molecule has 10 heteroatoms. The molecule has 0 spiro atoms. The van der Waals surface area contributed by atoms with Crippen LogP contribution in [0.3, 0.4) is 0 Å². The Morgan fingerprint density at radius 2 is 1.93 bits per heavy atom. The van der Waals surface area contributed by atoms with Crippen LogP contribution >= 0.6 is 22.9 Å². The van der Waals surface area contributed by atoms with Gasteiger partial charge < -0.3 is 18.6 Å². The van der Waals surface area contributed by atoms with E-state index in [1.54, 1.807) is 45.2 Å². The van der Waals surface area contributed by atoms with Crippen LogP contribution in [0.15, 0.2) is 74.0 Å². The predicted molar refractivity (Wildman–Crippen MR) is 163 cm³/mol. The lowest BCUT2D eigenvalue weighted by Crippen LogP contribution is -2.40. The van der Waals surface area contributed by atoms with Crippen molar-refractivity contribution in [1.29, 1.82) is 0 Å². The lowest BCUT2D eigenvalue weighted by molar-refractivity contribution is -0.139. The standard InChI is InChI=1S/C32H31ClN2O6S/c1-7-39-31(37)28-19(5)34-32-35(29(28)20-9-12-25(40-17(2)3)26(14-20)38-6)30(36)27(42-32)16-22-11-13-24(41-22)23-15-21(33)10-8-18(23)4/h8-17,29H,7H2,1-6H3/b27-16+/t29-/m1/s1. The van der Waals surface area contributed by atoms with Gasteiger partial charge in [0.1, 0.15) is 11.5 Å². The van der Waals surface area contributed by atoms with E-state index >= 15 is 0 Å². The number of methoxy groups -OCH3 is 1. The molecule has 1 aliphatic rings. The first kappa shape index (κ1) is 29.4. The molecule has 0 saturated heterocycles. The molecule has 1 atom stereocenters. The fourth-order valence-electron chi connectivity index (χ4n) is 4.88. The average molecular weight is 607 g/mol. The molecule has 0 radical (unpaired) electrons. The minimum Gasteiger partial charge on any atom is -0.493 e. The minimum absolute atomic E-state index is 0.0652. The van der Waals surface area contributed by atoms with Gasteiger partial charge in [0.2, 0.25) is 0 Å². The minimum atomic E-state index is -0.786. The number of ether oxygens (including phenoxy) is 3. The Kier molecular flexibility index (Phi) is 8.43. The fourth-order valence-corrected chi connectivity index (χ4v) is 6.08. The zero-order chi connectivity index (χ0) is 30.1. The molecule has 0 saturated carbocycles. The summed E-state index contributed by atoms with van der Waals surface area (Å²) >= 11 is 7.43. The van der Waals surface area contributed by atoms with E-state index in [4.69, 9.17) is 30.2 Å². The number of hydrogen-bond donors (Lipinski definition) is 0. The van der Waals surface area contributed by atoms with Gasteiger partial charge in [0.15, 0.2) is 16.3 Å². The Hall–Kier alpha value is -4.08. The van der Waals surface area contributed by atoms with E-state index in [1.165, 1.54) is 15.9 Å². The van der Waals surface area contributed by atoms with Gasteiger partial charge in [-0.15, -0.1) is 0 Å². The van der Waals surface area contributed by atoms with Crippen molar-refractivity contribution < 1.29 is 23.4 Å². The van der Waals surface area contributed by atoms with E-state index < -0.39 is 12.0 Å². The number of allylic oxidation sites excluding steroid dienone is 1. The van der Waals surface area contributed by atoms with Crippen LogP contribution < -0.4 is 24.4 Å². The molecule has 8 nitrogen and oxygen atoms in total. The van der Waals surface area contributed by atoms with Crippen LogP contribution in [0.1, 0.15) is 50.6 Å². The zero-order valence-corrected chi connectivity index (χ0v) is 25.8. The highest BCUT2D eigenvalue weighted by Gasteiger charge is 2.34. The van der Waals surface area contributed by atoms with Crippen LogP contribution in [-0.2, 0) is 9.53 Å². The smallest absolute Gasteiger partial charge is 0.338 e. The van der Waals surface area contributed by atoms with Crippen molar-refractivity contribution in [2.24, 2.45) is 4.99 Å². The summed E-state index contributed by atoms with van der Waals surface area (Å²) in [6.45, 7) is 9.50. The van der Waals surface area contributed by atoms with E-state index in [9.17, 15) is 9.59 Å². The molecule has 0 aliphatic carbocycles. The van der Waals surface area contributed by atoms with Gasteiger partial charge >= 0.3 is 5.97 Å². The molecule has 0 N–H and O–H groups in total. The second-order valence-corrected chi connectivity index (χ2v) is 11.5. The molecule has 2 aromatic carbocycles. The number of rotatable bonds is 8. The maximum absolute atomic E-state index is 14.0. The van der Waals surface area contributed by atoms with Crippen LogP contribution in [0.25, 0.3) is 17.4 Å². The molecule has 218 valence electrons. The summed E-state index contributed by atoms with van der Waals surface area (Å²) in [5, 5.41) is 0.607. The molecule has 0 fully saturated rings. The summed E-state index contributed by atoms with van der Waals surface area (Å²) in [6, 6.07) is 13.9. The monoisotopic (exact) mass is 606 g/mol. The summed E-state index contributed by atoms with van der Waals surface area (Å²) in [6.07, 6.45) is 1.62. The summed E-state index contributed by atoms with van der Waals surface area (Å²) in [5.74, 6) is 1.66. The second-order valence-electron chi connectivity index (χ2n) is 10.0. The van der Waals surface area contributed by atoms with E-state index in [0.29, 0.717) is 48.6 Å². The third kappa shape index (κ3) is 5.67. The maximum Gasteiger partial charge on any atom is 0.338 e. The summed E-state index contributed by atoms with van der Waals surface area (Å²) in [7, 11) is 1.55. The number of aromatic nitrogens is 1. The molecule has 0 bridgehead atoms. The third-order valence-electron chi connectivity index (χ3n) is 6.75. The van der Waals surface area contributed by atoms with Gasteiger partial charge in [0.05, 0.1) is 41.7 Å². The summed E-state index contributed by atoms with van der Waals surface area (Å²) in [5.41, 5.74) is 3.00. The number of halogens is 1. The Balaban J connectivity index is 1.65. The average Bonchev–Trinajstić information content (AvgIpc) is 3.53. The first-order valence-electron chi connectivity index (χ1n) is 13.5. The highest BCUT2D eigenvalue weighted by atomic mass is 35.5. The van der Waals surface area contributed by atoms with Gasteiger partial charge in [-0.3, -0.25) is 9.36 Å². The number of thiazole rings is 1. The van der Waals surface area contributed by atoms with Gasteiger partial charge in [0, 0.05) is 16.7 Å². The summed E-state index contributed by atoms with van der Waals surface area (Å²) < 4.78 is 24.9. The third-order valence-corrected chi connectivity index (χ3v) is 7.97. The van der Waals surface area contributed by atoms with E-state index in [-0.39, 0.29) is 23.8 Å². The van der Waals surface area contributed by atoms with Crippen LogP contribution in [-0.4, -0.2) is 30.4 Å². The number of esters is 1. The lowest BCUT2D eigenvalue weighted by atomic mass is 9.95. The van der Waals surface area contributed by atoms with Crippen molar-refractivity contribution in [3.05, 3.63) is 101 Å². The molecule has 4 aromatic rings. The molecular formula is C32H31ClN2O6S. The Morgan fingerprint density at radius 3 is 2.64 bits per heavy atom. The highest BCUT2D eigenvalue weighted by molar-refractivity contribution is 7.07. The zero-order valence-electron chi connectivity index (χ0n) is 24.2. The maximum atomic E-state index is 14.0. The quantitative estimate of drug-likeness (QED) is 0.235. The first-order valence-corrected chi connectivity index (χ1v) is 14.7. The van der Waals surface area contributed by atoms with Crippen LogP contribution in [0.2, 0.25) is 5.02 Å². The van der Waals surface area contributed by atoms with Gasteiger partial charge in [-0.25, -0.2) is 9.79 Å². The second kappa shape index (κ2) is 12.0. The molecule has 42 heavy (non-hydrogen) atoms. The molecular weight excluding hydrogens is 576 g/mol. The van der Waals surface area contributed by atoms with Crippen molar-refractivity contribution in [3.63, 3.8) is 0 Å². The number of carbonyl (C=O) groups excluding carboxylic acids is 1. The van der Waals surface area contributed by atoms with Crippen molar-refractivity contribution >= 4 is 35.0 Å². The van der Waals surface area contributed by atoms with Crippen molar-refractivity contribution in [1.82, 2.24) is 4.57 Å². The van der Waals surface area contributed by atoms with Gasteiger partial charge in [0.25, 0.3) is 5.56 Å². The Bertz CT molecular complexity index is 1880. The Labute approximate surface area is 252 Å². The van der Waals surface area contributed by atoms with Crippen LogP contribution in [0, 0.1) is 6.92 Å². The topological polar surface area (TPSA) is 92.3 Å². The number of hydrogen-bond acceptors (Lipinski definition) is 8. The molecule has 1 aliphatic heterocycles. The number of carbonyl (C=O) groups is 1. The van der Waals surface area contributed by atoms with Crippen molar-refractivity contribution in [3.8, 4) is 22.8 Å². The van der Waals surface area contributed by atoms with Crippen molar-refractivity contribution in [2.75, 3.05) is 13.7 Å². The molecule has 0 amide bonds. The SMILES string of the molecule is CCOC(=O)C1=C(C)N=c2s/c(=C/c3ccc(-c4cc(Cl)ccc4C)o3)c(=O)n2[C@@H]1c1ccc(OC(C)C)c(OC)c1. The largest absolute Gasteiger partial charge is 0.493 e. The number of benzene rings is 2. The van der Waals surface area contributed by atoms with Gasteiger partial charge in [-0.1, -0.05) is 35.1 Å². The number of furan rings is 1.